The van der Waals surface area contributed by atoms with E-state index in [1.165, 1.54) is 17.0 Å². The molecule has 1 aliphatic rings. The summed E-state index contributed by atoms with van der Waals surface area (Å²) in [6.07, 6.45) is 4.67. The molecule has 0 fully saturated rings. The summed E-state index contributed by atoms with van der Waals surface area (Å²) >= 11 is 1.61. The Bertz CT molecular complexity index is 1250. The molecule has 0 radical (unpaired) electrons. The van der Waals surface area contributed by atoms with Crippen molar-refractivity contribution in [3.8, 4) is 17.4 Å². The number of thiophene rings is 1. The van der Waals surface area contributed by atoms with Crippen molar-refractivity contribution >= 4 is 28.2 Å². The van der Waals surface area contributed by atoms with Crippen molar-refractivity contribution < 1.29 is 9.34 Å². The van der Waals surface area contributed by atoms with Gasteiger partial charge in [-0.1, -0.05) is 20.8 Å². The fourth-order valence-corrected chi connectivity index (χ4v) is 5.47. The van der Waals surface area contributed by atoms with Crippen molar-refractivity contribution in [2.75, 3.05) is 0 Å². The van der Waals surface area contributed by atoms with Gasteiger partial charge in [0.15, 0.2) is 0 Å². The van der Waals surface area contributed by atoms with Gasteiger partial charge in [-0.15, -0.1) is 11.3 Å². The van der Waals surface area contributed by atoms with E-state index in [1.54, 1.807) is 23.6 Å². The van der Waals surface area contributed by atoms with E-state index in [1.807, 2.05) is 19.1 Å². The number of fused-ring (bicyclic) bond motifs is 1. The van der Waals surface area contributed by atoms with Gasteiger partial charge in [0.05, 0.1) is 16.7 Å². The van der Waals surface area contributed by atoms with Crippen LogP contribution in [0.4, 0.5) is 10.7 Å². The van der Waals surface area contributed by atoms with Gasteiger partial charge in [-0.3, -0.25) is 10.1 Å². The van der Waals surface area contributed by atoms with Crippen LogP contribution < -0.4 is 0 Å². The Morgan fingerprint density at radius 1 is 1.31 bits per heavy atom. The number of nitro groups is 1. The third-order valence-corrected chi connectivity index (χ3v) is 7.37. The number of rotatable bonds is 4. The fraction of sp³-hybridized carbons (Fsp3) is 0.360. The molecular formula is C25H25N3O3S. The van der Waals surface area contributed by atoms with Crippen molar-refractivity contribution in [2.45, 2.75) is 47.0 Å². The molecule has 7 heteroatoms. The number of non-ortho nitro benzene ring substituents is 1. The molecule has 2 heterocycles. The van der Waals surface area contributed by atoms with Gasteiger partial charge >= 0.3 is 0 Å². The molecule has 1 aliphatic carbocycles. The van der Waals surface area contributed by atoms with Crippen molar-refractivity contribution in [2.24, 2.45) is 16.3 Å². The first-order valence-corrected chi connectivity index (χ1v) is 11.4. The van der Waals surface area contributed by atoms with Crippen LogP contribution in [0, 0.1) is 39.7 Å². The average molecular weight is 448 g/mol. The highest BCUT2D eigenvalue weighted by molar-refractivity contribution is 7.16. The molecule has 0 unspecified atom stereocenters. The molecule has 32 heavy (non-hydrogen) atoms. The third kappa shape index (κ3) is 4.23. The highest BCUT2D eigenvalue weighted by Crippen LogP contribution is 2.45. The molecule has 0 spiro atoms. The molecule has 3 aromatic rings. The van der Waals surface area contributed by atoms with Gasteiger partial charge in [-0.2, -0.15) is 5.26 Å². The summed E-state index contributed by atoms with van der Waals surface area (Å²) in [5.41, 5.74) is 3.71. The predicted molar refractivity (Wildman–Crippen MR) is 127 cm³/mol. The zero-order chi connectivity index (χ0) is 23.0. The van der Waals surface area contributed by atoms with Crippen molar-refractivity contribution in [1.29, 1.82) is 5.26 Å². The normalized spacial score (nSPS) is 16.2. The number of furan rings is 1. The maximum atomic E-state index is 11.0. The Hall–Kier alpha value is -3.24. The van der Waals surface area contributed by atoms with E-state index in [0.29, 0.717) is 23.0 Å². The van der Waals surface area contributed by atoms with Crippen LogP contribution in [-0.2, 0) is 12.8 Å². The summed E-state index contributed by atoms with van der Waals surface area (Å²) in [7, 11) is 0. The van der Waals surface area contributed by atoms with Crippen LogP contribution in [0.3, 0.4) is 0 Å². The summed E-state index contributed by atoms with van der Waals surface area (Å²) in [5, 5.41) is 21.4. The first-order valence-electron chi connectivity index (χ1n) is 10.6. The predicted octanol–water partition coefficient (Wildman–Crippen LogP) is 7.00. The van der Waals surface area contributed by atoms with Crippen LogP contribution in [0.2, 0.25) is 0 Å². The number of hydrogen-bond donors (Lipinski definition) is 0. The molecule has 6 nitrogen and oxygen atoms in total. The van der Waals surface area contributed by atoms with Gasteiger partial charge in [0.2, 0.25) is 0 Å². The molecule has 1 aromatic carbocycles. The lowest BCUT2D eigenvalue weighted by atomic mass is 9.72. The maximum Gasteiger partial charge on any atom is 0.269 e. The Morgan fingerprint density at radius 2 is 2.09 bits per heavy atom. The third-order valence-electron chi connectivity index (χ3n) is 6.21. The van der Waals surface area contributed by atoms with Crippen LogP contribution >= 0.6 is 11.3 Å². The monoisotopic (exact) mass is 447 g/mol. The van der Waals surface area contributed by atoms with Gasteiger partial charge in [0, 0.05) is 22.6 Å². The lowest BCUT2D eigenvalue weighted by Crippen LogP contribution is -2.26. The SMILES string of the molecule is Cc1cc([N+](=O)[O-])ccc1-c1ccc(C=Nc2sc3c(c2C#N)CC[C@@H](C(C)(C)C)C3)o1. The standard InChI is InChI=1S/C25H25N3O3S/c1-15-11-17(28(29)30)6-9-19(15)22-10-7-18(31-22)14-27-24-21(13-26)20-8-5-16(25(2,3)4)12-23(20)32-24/h6-7,9-11,14,16H,5,8,12H2,1-4H3/t16-/m1/s1. The topological polar surface area (TPSA) is 92.4 Å². The molecule has 0 aliphatic heterocycles. The van der Waals surface area contributed by atoms with Gasteiger partial charge in [-0.05, 0) is 66.8 Å². The fourth-order valence-electron chi connectivity index (χ4n) is 4.24. The molecule has 2 aromatic heterocycles. The first kappa shape index (κ1) is 22.0. The maximum absolute atomic E-state index is 11.0. The van der Waals surface area contributed by atoms with E-state index in [9.17, 15) is 15.4 Å². The number of aliphatic imine (C=N–C) groups is 1. The van der Waals surface area contributed by atoms with Gasteiger partial charge in [0.25, 0.3) is 5.69 Å². The van der Waals surface area contributed by atoms with E-state index >= 15 is 0 Å². The summed E-state index contributed by atoms with van der Waals surface area (Å²) in [5.74, 6) is 1.80. The Balaban J connectivity index is 1.58. The summed E-state index contributed by atoms with van der Waals surface area (Å²) in [6.45, 7) is 8.66. The number of nitrogens with zero attached hydrogens (tertiary/aromatic N) is 3. The minimum Gasteiger partial charge on any atom is -0.455 e. The van der Waals surface area contributed by atoms with Crippen LogP contribution in [0.5, 0.6) is 0 Å². The van der Waals surface area contributed by atoms with E-state index in [0.717, 1.165) is 41.0 Å². The molecule has 0 bridgehead atoms. The first-order chi connectivity index (χ1) is 15.2. The van der Waals surface area contributed by atoms with Crippen LogP contribution in [-0.4, -0.2) is 11.1 Å². The number of nitro benzene ring substituents is 1. The zero-order valence-corrected chi connectivity index (χ0v) is 19.5. The number of hydrogen-bond acceptors (Lipinski definition) is 6. The highest BCUT2D eigenvalue weighted by Gasteiger charge is 2.32. The molecule has 0 saturated heterocycles. The highest BCUT2D eigenvalue weighted by atomic mass is 32.1. The van der Waals surface area contributed by atoms with Crippen molar-refractivity contribution in [1.82, 2.24) is 0 Å². The summed E-state index contributed by atoms with van der Waals surface area (Å²) in [6, 6.07) is 10.7. The Labute approximate surface area is 191 Å². The molecule has 0 saturated carbocycles. The van der Waals surface area contributed by atoms with Gasteiger partial charge < -0.3 is 4.42 Å². The molecule has 0 N–H and O–H groups in total. The molecule has 164 valence electrons. The van der Waals surface area contributed by atoms with E-state index < -0.39 is 4.92 Å². The molecule has 0 amide bonds. The minimum absolute atomic E-state index is 0.0546. The Morgan fingerprint density at radius 3 is 2.75 bits per heavy atom. The largest absolute Gasteiger partial charge is 0.455 e. The molecule has 1 atom stereocenters. The van der Waals surface area contributed by atoms with Crippen LogP contribution in [0.15, 0.2) is 39.7 Å². The number of nitriles is 1. The van der Waals surface area contributed by atoms with Gasteiger partial charge in [0.1, 0.15) is 22.6 Å². The van der Waals surface area contributed by atoms with Crippen molar-refractivity contribution in [3.63, 3.8) is 0 Å². The molecular weight excluding hydrogens is 422 g/mol. The van der Waals surface area contributed by atoms with E-state index in [4.69, 9.17) is 4.42 Å². The quantitative estimate of drug-likeness (QED) is 0.244. The second-order valence-electron chi connectivity index (χ2n) is 9.32. The Kier molecular flexibility index (Phi) is 5.74. The van der Waals surface area contributed by atoms with Crippen LogP contribution in [0.25, 0.3) is 11.3 Å². The van der Waals surface area contributed by atoms with E-state index in [-0.39, 0.29) is 11.1 Å². The number of benzene rings is 1. The lowest BCUT2D eigenvalue weighted by Gasteiger charge is -2.33. The minimum atomic E-state index is -0.409. The second kappa shape index (κ2) is 8.36. The summed E-state index contributed by atoms with van der Waals surface area (Å²) in [4.78, 5) is 16.4. The van der Waals surface area contributed by atoms with E-state index in [2.05, 4.69) is 31.8 Å². The van der Waals surface area contributed by atoms with Crippen molar-refractivity contribution in [3.05, 3.63) is 67.8 Å². The summed E-state index contributed by atoms with van der Waals surface area (Å²) < 4.78 is 5.91. The smallest absolute Gasteiger partial charge is 0.269 e. The zero-order valence-electron chi connectivity index (χ0n) is 18.6. The second-order valence-corrected chi connectivity index (χ2v) is 10.4. The van der Waals surface area contributed by atoms with Gasteiger partial charge in [-0.25, -0.2) is 4.99 Å². The van der Waals surface area contributed by atoms with Crippen LogP contribution in [0.1, 0.15) is 54.5 Å². The lowest BCUT2D eigenvalue weighted by molar-refractivity contribution is -0.384. The number of aryl methyl sites for hydroxylation is 1. The molecule has 4 rings (SSSR count). The average Bonchev–Trinajstić information content (AvgIpc) is 3.34.